The van der Waals surface area contributed by atoms with E-state index >= 15 is 0 Å². The quantitative estimate of drug-likeness (QED) is 0.163. The number of carboxylic acid groups (broad SMARTS) is 1. The SMILES string of the molecule is COc1cc(-c2ccc(OC)c(C(F)(F)F)c2)ccc1COc1ccccc1-c1cccc(-n2ncc(C(=O)O)c2C(F)(F)F)n1. The van der Waals surface area contributed by atoms with E-state index in [9.17, 15) is 36.2 Å². The smallest absolute Gasteiger partial charge is 0.434 e. The largest absolute Gasteiger partial charge is 0.496 e. The molecule has 0 aliphatic heterocycles. The molecule has 3 aromatic carbocycles. The van der Waals surface area contributed by atoms with E-state index < -0.39 is 35.1 Å². The summed E-state index contributed by atoms with van der Waals surface area (Å²) in [4.78, 5) is 15.7. The molecule has 0 radical (unpaired) electrons. The summed E-state index contributed by atoms with van der Waals surface area (Å²) in [5.41, 5.74) is -1.48. The fourth-order valence-electron chi connectivity index (χ4n) is 4.75. The number of benzene rings is 3. The third-order valence-corrected chi connectivity index (χ3v) is 6.89. The number of carboxylic acids is 1. The van der Waals surface area contributed by atoms with Gasteiger partial charge in [-0.2, -0.15) is 31.4 Å². The molecule has 0 amide bonds. The summed E-state index contributed by atoms with van der Waals surface area (Å²) in [6.45, 7) is -0.0457. The Kier molecular flexibility index (Phi) is 8.64. The van der Waals surface area contributed by atoms with Gasteiger partial charge in [0.05, 0.1) is 31.7 Å². The number of carbonyl (C=O) groups is 1. The molecule has 0 unspecified atom stereocenters. The number of ether oxygens (including phenoxy) is 3. The van der Waals surface area contributed by atoms with Gasteiger partial charge in [-0.15, -0.1) is 0 Å². The molecule has 46 heavy (non-hydrogen) atoms. The number of hydrogen-bond acceptors (Lipinski definition) is 6. The average molecular weight is 644 g/mol. The van der Waals surface area contributed by atoms with Crippen LogP contribution in [0.15, 0.2) is 85.1 Å². The minimum atomic E-state index is -5.02. The van der Waals surface area contributed by atoms with E-state index in [1.165, 1.54) is 31.4 Å². The Morgan fingerprint density at radius 1 is 0.804 bits per heavy atom. The predicted molar refractivity (Wildman–Crippen MR) is 153 cm³/mol. The maximum Gasteiger partial charge on any atom is 0.434 e. The van der Waals surface area contributed by atoms with Gasteiger partial charge in [0.1, 0.15) is 29.4 Å². The molecule has 5 aromatic rings. The van der Waals surface area contributed by atoms with E-state index in [1.54, 1.807) is 48.5 Å². The third-order valence-electron chi connectivity index (χ3n) is 6.89. The van der Waals surface area contributed by atoms with Crippen LogP contribution in [0.1, 0.15) is 27.2 Å². The van der Waals surface area contributed by atoms with Crippen molar-refractivity contribution in [1.82, 2.24) is 14.8 Å². The summed E-state index contributed by atoms with van der Waals surface area (Å²) in [6.07, 6.45) is -9.04. The zero-order valence-corrected chi connectivity index (χ0v) is 24.0. The number of nitrogens with zero attached hydrogens (tertiary/aromatic N) is 3. The summed E-state index contributed by atoms with van der Waals surface area (Å²) in [6, 6.07) is 19.4. The van der Waals surface area contributed by atoms with Crippen LogP contribution in [0.5, 0.6) is 17.2 Å². The van der Waals surface area contributed by atoms with Gasteiger partial charge in [0, 0.05) is 11.1 Å². The molecular formula is C32H23F6N3O5. The molecule has 0 atom stereocenters. The maximum atomic E-state index is 13.8. The number of aromatic carboxylic acids is 1. The Hall–Kier alpha value is -5.53. The van der Waals surface area contributed by atoms with Crippen molar-refractivity contribution in [1.29, 1.82) is 0 Å². The number of hydrogen-bond donors (Lipinski definition) is 1. The molecule has 14 heteroatoms. The molecule has 0 saturated carbocycles. The molecule has 0 bridgehead atoms. The highest BCUT2D eigenvalue weighted by molar-refractivity contribution is 5.89. The van der Waals surface area contributed by atoms with Crippen LogP contribution in [0.3, 0.4) is 0 Å². The highest BCUT2D eigenvalue weighted by Gasteiger charge is 2.41. The van der Waals surface area contributed by atoms with Crippen molar-refractivity contribution < 1.29 is 50.5 Å². The topological polar surface area (TPSA) is 95.7 Å². The molecule has 8 nitrogen and oxygen atoms in total. The number of alkyl halides is 6. The fraction of sp³-hybridized carbons (Fsp3) is 0.156. The van der Waals surface area contributed by atoms with E-state index in [0.717, 1.165) is 13.2 Å². The number of halogens is 6. The van der Waals surface area contributed by atoms with Crippen LogP contribution < -0.4 is 14.2 Å². The summed E-state index contributed by atoms with van der Waals surface area (Å²) >= 11 is 0. The summed E-state index contributed by atoms with van der Waals surface area (Å²) in [5, 5.41) is 12.9. The first-order chi connectivity index (χ1) is 21.8. The summed E-state index contributed by atoms with van der Waals surface area (Å²) in [7, 11) is 2.56. The van der Waals surface area contributed by atoms with E-state index in [2.05, 4.69) is 10.1 Å². The van der Waals surface area contributed by atoms with E-state index in [1.807, 2.05) is 0 Å². The minimum Gasteiger partial charge on any atom is -0.496 e. The lowest BCUT2D eigenvalue weighted by atomic mass is 10.00. The van der Waals surface area contributed by atoms with Crippen molar-refractivity contribution in [3.05, 3.63) is 107 Å². The molecule has 1 N–H and O–H groups in total. The molecule has 2 heterocycles. The zero-order chi connectivity index (χ0) is 33.2. The first-order valence-electron chi connectivity index (χ1n) is 13.3. The first kappa shape index (κ1) is 31.9. The van der Waals surface area contributed by atoms with E-state index in [0.29, 0.717) is 39.1 Å². The molecule has 2 aromatic heterocycles. The monoisotopic (exact) mass is 643 g/mol. The van der Waals surface area contributed by atoms with Crippen molar-refractivity contribution in [2.24, 2.45) is 0 Å². The van der Waals surface area contributed by atoms with Gasteiger partial charge in [0.25, 0.3) is 0 Å². The van der Waals surface area contributed by atoms with E-state index in [-0.39, 0.29) is 29.4 Å². The molecule has 238 valence electrons. The lowest BCUT2D eigenvalue weighted by Crippen LogP contribution is -2.18. The number of methoxy groups -OCH3 is 2. The van der Waals surface area contributed by atoms with Crippen LogP contribution in [0.25, 0.3) is 28.2 Å². The fourth-order valence-corrected chi connectivity index (χ4v) is 4.75. The second-order valence-electron chi connectivity index (χ2n) is 9.73. The Morgan fingerprint density at radius 3 is 2.17 bits per heavy atom. The molecule has 0 saturated heterocycles. The predicted octanol–water partition coefficient (Wildman–Crippen LogP) is 7.93. The van der Waals surface area contributed by atoms with Crippen LogP contribution >= 0.6 is 0 Å². The molecule has 0 spiro atoms. The Bertz CT molecular complexity index is 1900. The molecule has 0 fully saturated rings. The van der Waals surface area contributed by atoms with Gasteiger partial charge in [-0.3, -0.25) is 0 Å². The standard InChI is InChI=1S/C32H23F6N3O5/c1-44-26-13-12-18(14-23(26)31(33,34)35)19-10-11-20(27(15-19)45-2)17-46-25-8-4-3-6-21(25)24-7-5-9-28(40-24)41-29(32(36,37)38)22(16-39-41)30(42)43/h3-16H,17H2,1-2H3,(H,42,43). The Labute approximate surface area is 257 Å². The number of pyridine rings is 1. The summed E-state index contributed by atoms with van der Waals surface area (Å²) in [5.74, 6) is -1.70. The molecule has 0 aliphatic carbocycles. The van der Waals surface area contributed by atoms with Crippen LogP contribution in [0.4, 0.5) is 26.3 Å². The van der Waals surface area contributed by atoms with Crippen LogP contribution in [-0.2, 0) is 19.0 Å². The second kappa shape index (κ2) is 12.5. The maximum absolute atomic E-state index is 13.8. The van der Waals surface area contributed by atoms with Crippen molar-refractivity contribution in [3.63, 3.8) is 0 Å². The lowest BCUT2D eigenvalue weighted by Gasteiger charge is -2.16. The van der Waals surface area contributed by atoms with Crippen LogP contribution in [-0.4, -0.2) is 40.1 Å². The summed E-state index contributed by atoms with van der Waals surface area (Å²) < 4.78 is 98.9. The van der Waals surface area contributed by atoms with Gasteiger partial charge in [-0.25, -0.2) is 14.5 Å². The van der Waals surface area contributed by atoms with E-state index in [4.69, 9.17) is 14.2 Å². The number of rotatable bonds is 9. The van der Waals surface area contributed by atoms with Gasteiger partial charge < -0.3 is 19.3 Å². The minimum absolute atomic E-state index is 0.0457. The van der Waals surface area contributed by atoms with Crippen molar-refractivity contribution in [3.8, 4) is 45.5 Å². The number of aromatic nitrogens is 3. The number of para-hydroxylation sites is 1. The second-order valence-corrected chi connectivity index (χ2v) is 9.73. The Morgan fingerprint density at radius 2 is 1.50 bits per heavy atom. The molecule has 0 aliphatic rings. The van der Waals surface area contributed by atoms with Crippen LogP contribution in [0, 0.1) is 0 Å². The van der Waals surface area contributed by atoms with Gasteiger partial charge >= 0.3 is 18.3 Å². The zero-order valence-electron chi connectivity index (χ0n) is 24.0. The molecular weight excluding hydrogens is 620 g/mol. The Balaban J connectivity index is 1.43. The van der Waals surface area contributed by atoms with Gasteiger partial charge in [0.2, 0.25) is 0 Å². The van der Waals surface area contributed by atoms with Gasteiger partial charge in [-0.1, -0.05) is 36.4 Å². The van der Waals surface area contributed by atoms with Crippen LogP contribution in [0.2, 0.25) is 0 Å². The van der Waals surface area contributed by atoms with Crippen molar-refractivity contribution in [2.75, 3.05) is 14.2 Å². The average Bonchev–Trinajstić information content (AvgIpc) is 3.50. The van der Waals surface area contributed by atoms with Crippen molar-refractivity contribution in [2.45, 2.75) is 19.0 Å². The van der Waals surface area contributed by atoms with Gasteiger partial charge in [0.15, 0.2) is 11.5 Å². The lowest BCUT2D eigenvalue weighted by molar-refractivity contribution is -0.143. The van der Waals surface area contributed by atoms with Gasteiger partial charge in [-0.05, 0) is 53.6 Å². The van der Waals surface area contributed by atoms with Crippen molar-refractivity contribution >= 4 is 5.97 Å². The highest BCUT2D eigenvalue weighted by Crippen LogP contribution is 2.40. The molecule has 5 rings (SSSR count). The normalized spacial score (nSPS) is 11.7. The highest BCUT2D eigenvalue weighted by atomic mass is 19.4. The third kappa shape index (κ3) is 6.46. The first-order valence-corrected chi connectivity index (χ1v) is 13.3.